The second kappa shape index (κ2) is 5.74. The van der Waals surface area contributed by atoms with Gasteiger partial charge in [0.05, 0.1) is 22.5 Å². The van der Waals surface area contributed by atoms with Gasteiger partial charge in [0.25, 0.3) is 0 Å². The molecule has 0 aromatic heterocycles. The number of halogens is 3. The van der Waals surface area contributed by atoms with Gasteiger partial charge < -0.3 is 4.74 Å². The summed E-state index contributed by atoms with van der Waals surface area (Å²) in [6.45, 7) is -0.0146. The topological polar surface area (TPSA) is 55.4 Å². The molecule has 1 N–H and O–H groups in total. The van der Waals surface area contributed by atoms with Gasteiger partial charge in [-0.15, -0.1) is 0 Å². The Morgan fingerprint density at radius 2 is 2.00 bits per heavy atom. The summed E-state index contributed by atoms with van der Waals surface area (Å²) in [7, 11) is -2.36. The molecule has 0 fully saturated rings. The fourth-order valence-electron chi connectivity index (χ4n) is 1.01. The van der Waals surface area contributed by atoms with E-state index in [2.05, 4.69) is 20.7 Å². The molecule has 0 saturated carbocycles. The van der Waals surface area contributed by atoms with Crippen molar-refractivity contribution in [2.75, 3.05) is 24.2 Å². The highest BCUT2D eigenvalue weighted by Gasteiger charge is 2.15. The third kappa shape index (κ3) is 4.21. The summed E-state index contributed by atoms with van der Waals surface area (Å²) in [5.41, 5.74) is -0.311. The van der Waals surface area contributed by atoms with E-state index in [-0.39, 0.29) is 22.5 Å². The van der Waals surface area contributed by atoms with Crippen molar-refractivity contribution in [3.8, 4) is 0 Å². The van der Waals surface area contributed by atoms with Crippen LogP contribution in [-0.2, 0) is 14.8 Å². The van der Waals surface area contributed by atoms with E-state index in [1.165, 1.54) is 7.11 Å². The minimum absolute atomic E-state index is 0.0146. The van der Waals surface area contributed by atoms with E-state index in [1.54, 1.807) is 0 Å². The maximum absolute atomic E-state index is 13.3. The molecule has 0 aliphatic heterocycles. The lowest BCUT2D eigenvalue weighted by atomic mass is 10.3. The van der Waals surface area contributed by atoms with E-state index in [1.807, 2.05) is 4.72 Å². The molecule has 17 heavy (non-hydrogen) atoms. The van der Waals surface area contributed by atoms with Gasteiger partial charge in [0, 0.05) is 13.2 Å². The van der Waals surface area contributed by atoms with Crippen LogP contribution in [0.5, 0.6) is 0 Å². The predicted octanol–water partition coefficient (Wildman–Crippen LogP) is 2.12. The van der Waals surface area contributed by atoms with Crippen molar-refractivity contribution in [2.45, 2.75) is 0 Å². The Hall–Kier alpha value is -0.730. The van der Waals surface area contributed by atoms with Crippen LogP contribution in [0.15, 0.2) is 16.6 Å². The van der Waals surface area contributed by atoms with Gasteiger partial charge in [-0.3, -0.25) is 4.72 Å². The molecule has 1 aromatic carbocycles. The SMILES string of the molecule is COCCS(=O)(=O)Nc1cc(Br)c(F)cc1F. The third-order valence-electron chi connectivity index (χ3n) is 1.83. The van der Waals surface area contributed by atoms with Gasteiger partial charge in [0.15, 0.2) is 0 Å². The number of hydrogen-bond acceptors (Lipinski definition) is 3. The number of rotatable bonds is 5. The molecule has 0 bridgehead atoms. The summed E-state index contributed by atoms with van der Waals surface area (Å²) in [5, 5.41) is 0. The normalized spacial score (nSPS) is 11.5. The Morgan fingerprint density at radius 3 is 2.59 bits per heavy atom. The van der Waals surface area contributed by atoms with E-state index in [0.717, 1.165) is 6.07 Å². The van der Waals surface area contributed by atoms with E-state index in [9.17, 15) is 17.2 Å². The molecule has 8 heteroatoms. The summed E-state index contributed by atoms with van der Waals surface area (Å²) in [4.78, 5) is 0. The number of ether oxygens (including phenoxy) is 1. The molecule has 0 aliphatic carbocycles. The van der Waals surface area contributed by atoms with Gasteiger partial charge in [-0.25, -0.2) is 17.2 Å². The number of hydrogen-bond donors (Lipinski definition) is 1. The molecule has 96 valence electrons. The van der Waals surface area contributed by atoms with Crippen molar-refractivity contribution >= 4 is 31.6 Å². The van der Waals surface area contributed by atoms with Crippen molar-refractivity contribution < 1.29 is 21.9 Å². The first-order valence-electron chi connectivity index (χ1n) is 4.49. The van der Waals surface area contributed by atoms with Crippen LogP contribution in [0, 0.1) is 11.6 Å². The predicted molar refractivity (Wildman–Crippen MR) is 63.3 cm³/mol. The third-order valence-corrected chi connectivity index (χ3v) is 3.67. The fraction of sp³-hybridized carbons (Fsp3) is 0.333. The Kier molecular flexibility index (Phi) is 4.84. The van der Waals surface area contributed by atoms with Crippen LogP contribution in [0.4, 0.5) is 14.5 Å². The Labute approximate surface area is 106 Å². The second-order valence-corrected chi connectivity index (χ2v) is 5.86. The molecule has 0 spiro atoms. The van der Waals surface area contributed by atoms with Crippen LogP contribution in [0.1, 0.15) is 0 Å². The molecular formula is C9H10BrF2NO3S. The Morgan fingerprint density at radius 1 is 1.35 bits per heavy atom. The highest BCUT2D eigenvalue weighted by molar-refractivity contribution is 9.10. The molecule has 4 nitrogen and oxygen atoms in total. The fourth-order valence-corrected chi connectivity index (χ4v) is 2.34. The monoisotopic (exact) mass is 329 g/mol. The number of anilines is 1. The van der Waals surface area contributed by atoms with E-state index >= 15 is 0 Å². The number of sulfonamides is 1. The highest BCUT2D eigenvalue weighted by Crippen LogP contribution is 2.24. The minimum atomic E-state index is -3.71. The van der Waals surface area contributed by atoms with Crippen LogP contribution >= 0.6 is 15.9 Å². The van der Waals surface area contributed by atoms with Crippen LogP contribution in [0.2, 0.25) is 0 Å². The van der Waals surface area contributed by atoms with E-state index in [4.69, 9.17) is 0 Å². The molecule has 0 aliphatic rings. The van der Waals surface area contributed by atoms with Crippen LogP contribution < -0.4 is 4.72 Å². The van der Waals surface area contributed by atoms with E-state index in [0.29, 0.717) is 6.07 Å². The zero-order valence-corrected chi connectivity index (χ0v) is 11.2. The Bertz CT molecular complexity index is 507. The zero-order chi connectivity index (χ0) is 13.1. The van der Waals surface area contributed by atoms with Crippen molar-refractivity contribution in [2.24, 2.45) is 0 Å². The van der Waals surface area contributed by atoms with Gasteiger partial charge in [0.2, 0.25) is 10.0 Å². The zero-order valence-electron chi connectivity index (χ0n) is 8.84. The van der Waals surface area contributed by atoms with Crippen molar-refractivity contribution in [3.63, 3.8) is 0 Å². The first kappa shape index (κ1) is 14.3. The molecule has 0 unspecified atom stereocenters. The maximum Gasteiger partial charge on any atom is 0.235 e. The van der Waals surface area contributed by atoms with Gasteiger partial charge in [0.1, 0.15) is 11.6 Å². The summed E-state index contributed by atoms with van der Waals surface area (Å²) >= 11 is 2.84. The standard InChI is InChI=1S/C9H10BrF2NO3S/c1-16-2-3-17(14,15)13-9-4-6(10)7(11)5-8(9)12/h4-5,13H,2-3H2,1H3. The minimum Gasteiger partial charge on any atom is -0.384 e. The lowest BCUT2D eigenvalue weighted by Gasteiger charge is -2.09. The highest BCUT2D eigenvalue weighted by atomic mass is 79.9. The van der Waals surface area contributed by atoms with Gasteiger partial charge in [-0.05, 0) is 22.0 Å². The van der Waals surface area contributed by atoms with Crippen molar-refractivity contribution in [1.82, 2.24) is 0 Å². The van der Waals surface area contributed by atoms with E-state index < -0.39 is 21.7 Å². The number of nitrogens with one attached hydrogen (secondary N) is 1. The summed E-state index contributed by atoms with van der Waals surface area (Å²) in [6, 6.07) is 1.62. The number of methoxy groups -OCH3 is 1. The van der Waals surface area contributed by atoms with Gasteiger partial charge in [-0.2, -0.15) is 0 Å². The quantitative estimate of drug-likeness (QED) is 0.842. The maximum atomic E-state index is 13.3. The smallest absolute Gasteiger partial charge is 0.235 e. The number of benzene rings is 1. The molecule has 1 aromatic rings. The summed E-state index contributed by atoms with van der Waals surface area (Å²) in [5.74, 6) is -2.09. The molecular weight excluding hydrogens is 320 g/mol. The first-order valence-corrected chi connectivity index (χ1v) is 6.94. The average Bonchev–Trinajstić information content (AvgIpc) is 2.23. The summed E-state index contributed by atoms with van der Waals surface area (Å²) < 4.78 is 55.6. The lowest BCUT2D eigenvalue weighted by molar-refractivity contribution is 0.217. The average molecular weight is 330 g/mol. The molecule has 0 atom stereocenters. The summed E-state index contributed by atoms with van der Waals surface area (Å²) in [6.07, 6.45) is 0. The van der Waals surface area contributed by atoms with Crippen LogP contribution in [-0.4, -0.2) is 27.9 Å². The van der Waals surface area contributed by atoms with Crippen LogP contribution in [0.25, 0.3) is 0 Å². The van der Waals surface area contributed by atoms with Gasteiger partial charge in [-0.1, -0.05) is 0 Å². The molecule has 0 heterocycles. The molecule has 0 radical (unpaired) electrons. The molecule has 0 saturated heterocycles. The first-order chi connectivity index (χ1) is 7.85. The Balaban J connectivity index is 2.92. The van der Waals surface area contributed by atoms with Crippen molar-refractivity contribution in [3.05, 3.63) is 28.2 Å². The largest absolute Gasteiger partial charge is 0.384 e. The lowest BCUT2D eigenvalue weighted by Crippen LogP contribution is -2.20. The second-order valence-electron chi connectivity index (χ2n) is 3.16. The van der Waals surface area contributed by atoms with Gasteiger partial charge >= 0.3 is 0 Å². The molecule has 1 rings (SSSR count). The molecule has 0 amide bonds. The van der Waals surface area contributed by atoms with Crippen LogP contribution in [0.3, 0.4) is 0 Å². The van der Waals surface area contributed by atoms with Crippen molar-refractivity contribution in [1.29, 1.82) is 0 Å².